The molecule has 1 aliphatic rings. The summed E-state index contributed by atoms with van der Waals surface area (Å²) in [4.78, 5) is 0. The summed E-state index contributed by atoms with van der Waals surface area (Å²) in [6.45, 7) is 1.85. The Morgan fingerprint density at radius 2 is 2.12 bits per heavy atom. The van der Waals surface area contributed by atoms with Gasteiger partial charge in [0.2, 0.25) is 15.8 Å². The van der Waals surface area contributed by atoms with Crippen LogP contribution in [-0.2, 0) is 14.8 Å². The van der Waals surface area contributed by atoms with Gasteiger partial charge in [0, 0.05) is 16.2 Å². The van der Waals surface area contributed by atoms with Crippen molar-refractivity contribution in [1.29, 1.82) is 0 Å². The van der Waals surface area contributed by atoms with Gasteiger partial charge in [0.15, 0.2) is 11.5 Å². The molecule has 0 fully saturated rings. The van der Waals surface area contributed by atoms with Crippen molar-refractivity contribution in [3.63, 3.8) is 0 Å². The highest BCUT2D eigenvalue weighted by Gasteiger charge is 2.22. The third kappa shape index (κ3) is 2.21. The number of benzene rings is 1. The van der Waals surface area contributed by atoms with Crippen LogP contribution < -0.4 is 9.47 Å². The number of hydrogen-bond acceptors (Lipinski definition) is 4. The molecule has 0 radical (unpaired) electrons. The highest BCUT2D eigenvalue weighted by Crippen LogP contribution is 2.41. The molecule has 16 heavy (non-hydrogen) atoms. The number of halogens is 2. The largest absolute Gasteiger partial charge is 0.454 e. The Labute approximate surface area is 102 Å². The summed E-state index contributed by atoms with van der Waals surface area (Å²) in [5, 5.41) is 0.341. The van der Waals surface area contributed by atoms with Gasteiger partial charge >= 0.3 is 0 Å². The minimum Gasteiger partial charge on any atom is -0.454 e. The van der Waals surface area contributed by atoms with E-state index in [0.717, 1.165) is 0 Å². The fourth-order valence-electron chi connectivity index (χ4n) is 1.54. The first-order chi connectivity index (χ1) is 7.38. The molecule has 0 saturated heterocycles. The predicted octanol–water partition coefficient (Wildman–Crippen LogP) is 2.45. The van der Waals surface area contributed by atoms with Gasteiger partial charge in [-0.15, -0.1) is 0 Å². The lowest BCUT2D eigenvalue weighted by Gasteiger charge is -2.08. The summed E-state index contributed by atoms with van der Waals surface area (Å²) in [5.74, 6) is 0.725. The van der Waals surface area contributed by atoms with Crippen LogP contribution in [0.2, 0.25) is 5.02 Å². The quantitative estimate of drug-likeness (QED) is 0.782. The first-order valence-electron chi connectivity index (χ1n) is 4.38. The first kappa shape index (κ1) is 11.8. The Morgan fingerprint density at radius 1 is 1.44 bits per heavy atom. The second-order valence-corrected chi connectivity index (χ2v) is 6.55. The van der Waals surface area contributed by atoms with Gasteiger partial charge in [0.25, 0.3) is 0 Å². The number of rotatable bonds is 2. The summed E-state index contributed by atoms with van der Waals surface area (Å²) in [5.41, 5.74) is 1.07. The molecule has 7 heteroatoms. The summed E-state index contributed by atoms with van der Waals surface area (Å²) < 4.78 is 32.4. The Kier molecular flexibility index (Phi) is 2.94. The monoisotopic (exact) mass is 282 g/mol. The van der Waals surface area contributed by atoms with Crippen LogP contribution in [0.15, 0.2) is 6.07 Å². The molecule has 0 saturated carbocycles. The van der Waals surface area contributed by atoms with E-state index < -0.39 is 9.05 Å². The fraction of sp³-hybridized carbons (Fsp3) is 0.333. The second-order valence-electron chi connectivity index (χ2n) is 3.39. The maximum Gasteiger partial charge on any atom is 0.236 e. The molecular weight excluding hydrogens is 275 g/mol. The normalized spacial score (nSPS) is 14.2. The van der Waals surface area contributed by atoms with E-state index in [4.69, 9.17) is 31.8 Å². The summed E-state index contributed by atoms with van der Waals surface area (Å²) >= 11 is 6.02. The highest BCUT2D eigenvalue weighted by molar-refractivity contribution is 8.13. The molecule has 1 heterocycles. The zero-order valence-electron chi connectivity index (χ0n) is 8.29. The molecule has 88 valence electrons. The van der Waals surface area contributed by atoms with Gasteiger partial charge in [-0.3, -0.25) is 0 Å². The van der Waals surface area contributed by atoms with Crippen LogP contribution in [0, 0.1) is 6.92 Å². The summed E-state index contributed by atoms with van der Waals surface area (Å²) in [6.07, 6.45) is 0. The van der Waals surface area contributed by atoms with Crippen molar-refractivity contribution in [2.24, 2.45) is 0 Å². The van der Waals surface area contributed by atoms with Crippen LogP contribution in [0.1, 0.15) is 11.1 Å². The van der Waals surface area contributed by atoms with E-state index in [0.29, 0.717) is 27.6 Å². The van der Waals surface area contributed by atoms with Crippen molar-refractivity contribution in [2.45, 2.75) is 12.7 Å². The Balaban J connectivity index is 2.52. The number of ether oxygens (including phenoxy) is 2. The van der Waals surface area contributed by atoms with Crippen molar-refractivity contribution in [2.75, 3.05) is 6.79 Å². The summed E-state index contributed by atoms with van der Waals surface area (Å²) in [7, 11) is 1.54. The van der Waals surface area contributed by atoms with Crippen molar-refractivity contribution < 1.29 is 17.9 Å². The number of hydrogen-bond donors (Lipinski definition) is 0. The average Bonchev–Trinajstić information content (AvgIpc) is 2.59. The van der Waals surface area contributed by atoms with E-state index in [1.54, 1.807) is 6.92 Å². The average molecular weight is 283 g/mol. The third-order valence-electron chi connectivity index (χ3n) is 2.23. The lowest BCUT2D eigenvalue weighted by Crippen LogP contribution is -1.97. The molecule has 0 spiro atoms. The molecular formula is C9H8Cl2O4S. The SMILES string of the molecule is Cc1c(Cl)c(CS(=O)(=O)Cl)cc2c1OCO2. The highest BCUT2D eigenvalue weighted by atomic mass is 35.7. The minimum absolute atomic E-state index is 0.115. The molecule has 0 bridgehead atoms. The van der Waals surface area contributed by atoms with E-state index in [2.05, 4.69) is 0 Å². The van der Waals surface area contributed by atoms with Crippen molar-refractivity contribution in [1.82, 2.24) is 0 Å². The maximum absolute atomic E-state index is 11.0. The van der Waals surface area contributed by atoms with Gasteiger partial charge in [-0.25, -0.2) is 8.42 Å². The fourth-order valence-corrected chi connectivity index (χ4v) is 2.78. The molecule has 0 unspecified atom stereocenters. The van der Waals surface area contributed by atoms with Crippen LogP contribution in [0.5, 0.6) is 11.5 Å². The van der Waals surface area contributed by atoms with E-state index >= 15 is 0 Å². The molecule has 1 aromatic carbocycles. The molecule has 4 nitrogen and oxygen atoms in total. The Bertz CT molecular complexity index is 539. The standard InChI is InChI=1S/C9H8Cl2O4S/c1-5-8(10)6(3-16(11,12)13)2-7-9(5)15-4-14-7/h2H,3-4H2,1H3. The van der Waals surface area contributed by atoms with E-state index in [1.807, 2.05) is 0 Å². The maximum atomic E-state index is 11.0. The Morgan fingerprint density at radius 3 is 2.75 bits per heavy atom. The van der Waals surface area contributed by atoms with Gasteiger partial charge in [-0.05, 0) is 18.6 Å². The van der Waals surface area contributed by atoms with E-state index in [9.17, 15) is 8.42 Å². The van der Waals surface area contributed by atoms with Crippen LogP contribution in [-0.4, -0.2) is 15.2 Å². The smallest absolute Gasteiger partial charge is 0.236 e. The molecule has 1 aliphatic heterocycles. The van der Waals surface area contributed by atoms with Gasteiger partial charge in [-0.2, -0.15) is 0 Å². The molecule has 0 atom stereocenters. The topological polar surface area (TPSA) is 52.6 Å². The molecule has 0 N–H and O–H groups in total. The zero-order valence-corrected chi connectivity index (χ0v) is 10.6. The third-order valence-corrected chi connectivity index (χ3v) is 3.74. The van der Waals surface area contributed by atoms with Gasteiger partial charge in [-0.1, -0.05) is 11.6 Å². The van der Waals surface area contributed by atoms with Crippen LogP contribution in [0.3, 0.4) is 0 Å². The van der Waals surface area contributed by atoms with Crippen molar-refractivity contribution >= 4 is 31.3 Å². The van der Waals surface area contributed by atoms with Crippen LogP contribution >= 0.6 is 22.3 Å². The second kappa shape index (κ2) is 3.98. The summed E-state index contributed by atoms with van der Waals surface area (Å²) in [6, 6.07) is 1.54. The van der Waals surface area contributed by atoms with E-state index in [1.165, 1.54) is 6.07 Å². The van der Waals surface area contributed by atoms with Crippen LogP contribution in [0.25, 0.3) is 0 Å². The predicted molar refractivity (Wildman–Crippen MR) is 60.8 cm³/mol. The van der Waals surface area contributed by atoms with E-state index in [-0.39, 0.29) is 12.5 Å². The van der Waals surface area contributed by atoms with Gasteiger partial charge in [0.05, 0.1) is 10.8 Å². The lowest BCUT2D eigenvalue weighted by molar-refractivity contribution is 0.173. The molecule has 2 rings (SSSR count). The molecule has 1 aromatic rings. The first-order valence-corrected chi connectivity index (χ1v) is 7.24. The minimum atomic E-state index is -3.64. The lowest BCUT2D eigenvalue weighted by atomic mass is 10.1. The molecule has 0 amide bonds. The molecule has 0 aromatic heterocycles. The van der Waals surface area contributed by atoms with Crippen molar-refractivity contribution in [3.05, 3.63) is 22.2 Å². The number of fused-ring (bicyclic) bond motifs is 1. The zero-order chi connectivity index (χ0) is 11.9. The Hall–Kier alpha value is -0.650. The van der Waals surface area contributed by atoms with Crippen LogP contribution in [0.4, 0.5) is 0 Å². The van der Waals surface area contributed by atoms with Crippen molar-refractivity contribution in [3.8, 4) is 11.5 Å². The van der Waals surface area contributed by atoms with Gasteiger partial charge in [0.1, 0.15) is 0 Å². The molecule has 0 aliphatic carbocycles. The van der Waals surface area contributed by atoms with Gasteiger partial charge < -0.3 is 9.47 Å².